The smallest absolute Gasteiger partial charge is 0.251 e. The monoisotopic (exact) mass is 561 g/mol. The van der Waals surface area contributed by atoms with Gasteiger partial charge in [-0.2, -0.15) is 0 Å². The second kappa shape index (κ2) is 15.3. The van der Waals surface area contributed by atoms with E-state index in [1.54, 1.807) is 0 Å². The molecule has 2 atom stereocenters. The van der Waals surface area contributed by atoms with Crippen LogP contribution in [0.15, 0.2) is 66.7 Å². The standard InChI is InChI=1S/C33H43N3O5/c1-34-20-27(16-24-12-14-29(15-13-24)41-22-25-10-6-3-7-11-25)35-21-28(17-23-8-4-2-5-9-23)36-33(40)26-18-30(37)32(39)31(38)19-26/h3,6-7,10-15,18-19,23,27-28,34-35,37-39H,2,4-5,8-9,16-17,20-22H2,1H3,(H,36,40)/t27-,28-/m1/s1. The molecule has 4 rings (SSSR count). The normalized spacial score (nSPS) is 15.2. The molecule has 0 heterocycles. The van der Waals surface area contributed by atoms with Crippen molar-refractivity contribution in [2.75, 3.05) is 20.1 Å². The second-order valence-electron chi connectivity index (χ2n) is 11.1. The van der Waals surface area contributed by atoms with Crippen LogP contribution in [0.3, 0.4) is 0 Å². The fourth-order valence-corrected chi connectivity index (χ4v) is 5.54. The molecule has 0 spiro atoms. The fourth-order valence-electron chi connectivity index (χ4n) is 5.54. The Morgan fingerprint density at radius 2 is 1.56 bits per heavy atom. The number of phenols is 3. The molecule has 0 bridgehead atoms. The highest BCUT2D eigenvalue weighted by Crippen LogP contribution is 2.35. The van der Waals surface area contributed by atoms with E-state index in [-0.39, 0.29) is 17.6 Å². The van der Waals surface area contributed by atoms with Gasteiger partial charge in [-0.25, -0.2) is 0 Å². The highest BCUT2D eigenvalue weighted by atomic mass is 16.5. The maximum atomic E-state index is 13.1. The van der Waals surface area contributed by atoms with Crippen molar-refractivity contribution in [2.45, 2.75) is 63.6 Å². The van der Waals surface area contributed by atoms with E-state index in [4.69, 9.17) is 4.74 Å². The molecule has 1 amide bonds. The van der Waals surface area contributed by atoms with Crippen molar-refractivity contribution in [3.63, 3.8) is 0 Å². The summed E-state index contributed by atoms with van der Waals surface area (Å²) in [5.41, 5.74) is 2.42. The van der Waals surface area contributed by atoms with Crippen LogP contribution in [0.4, 0.5) is 0 Å². The Kier molecular flexibility index (Phi) is 11.3. The summed E-state index contributed by atoms with van der Waals surface area (Å²) >= 11 is 0. The maximum absolute atomic E-state index is 13.1. The number of benzene rings is 3. The van der Waals surface area contributed by atoms with Gasteiger partial charge < -0.3 is 36.0 Å². The lowest BCUT2D eigenvalue weighted by atomic mass is 9.84. The third-order valence-corrected chi connectivity index (χ3v) is 7.77. The van der Waals surface area contributed by atoms with Gasteiger partial charge in [0.05, 0.1) is 0 Å². The van der Waals surface area contributed by atoms with E-state index in [0.29, 0.717) is 19.1 Å². The highest BCUT2D eigenvalue weighted by molar-refractivity contribution is 5.95. The summed E-state index contributed by atoms with van der Waals surface area (Å²) in [6.07, 6.45) is 7.67. The number of likely N-dealkylation sites (N-methyl/N-ethyl adjacent to an activating group) is 1. The minimum atomic E-state index is -0.632. The summed E-state index contributed by atoms with van der Waals surface area (Å²) in [4.78, 5) is 13.1. The van der Waals surface area contributed by atoms with Gasteiger partial charge in [0.25, 0.3) is 5.91 Å². The number of hydrogen-bond acceptors (Lipinski definition) is 7. The van der Waals surface area contributed by atoms with Crippen LogP contribution in [-0.2, 0) is 13.0 Å². The number of hydrogen-bond donors (Lipinski definition) is 6. The van der Waals surface area contributed by atoms with Crippen molar-refractivity contribution in [1.29, 1.82) is 0 Å². The van der Waals surface area contributed by atoms with Gasteiger partial charge in [-0.3, -0.25) is 4.79 Å². The van der Waals surface area contributed by atoms with Crippen LogP contribution < -0.4 is 20.7 Å². The molecule has 3 aromatic carbocycles. The van der Waals surface area contributed by atoms with Crippen LogP contribution in [0.5, 0.6) is 23.0 Å². The molecule has 1 saturated carbocycles. The number of phenolic OH excluding ortho intramolecular Hbond substituents is 3. The highest BCUT2D eigenvalue weighted by Gasteiger charge is 2.23. The minimum Gasteiger partial charge on any atom is -0.504 e. The van der Waals surface area contributed by atoms with E-state index in [0.717, 1.165) is 43.5 Å². The van der Waals surface area contributed by atoms with Crippen LogP contribution in [0.2, 0.25) is 0 Å². The van der Waals surface area contributed by atoms with Crippen LogP contribution in [0.25, 0.3) is 0 Å². The molecule has 1 aliphatic carbocycles. The van der Waals surface area contributed by atoms with Crippen molar-refractivity contribution >= 4 is 5.91 Å². The molecule has 220 valence electrons. The van der Waals surface area contributed by atoms with Crippen molar-refractivity contribution in [3.8, 4) is 23.0 Å². The first-order valence-corrected chi connectivity index (χ1v) is 14.6. The molecule has 0 radical (unpaired) electrons. The Bertz CT molecular complexity index is 1210. The molecule has 8 heteroatoms. The molecule has 0 aromatic heterocycles. The van der Waals surface area contributed by atoms with Crippen molar-refractivity contribution in [2.24, 2.45) is 5.92 Å². The lowest BCUT2D eigenvalue weighted by Crippen LogP contribution is -2.48. The van der Waals surface area contributed by atoms with Crippen LogP contribution >= 0.6 is 0 Å². The largest absolute Gasteiger partial charge is 0.504 e. The van der Waals surface area contributed by atoms with Crippen molar-refractivity contribution in [3.05, 3.63) is 83.4 Å². The summed E-state index contributed by atoms with van der Waals surface area (Å²) in [7, 11) is 1.93. The van der Waals surface area contributed by atoms with Crippen molar-refractivity contribution < 1.29 is 24.9 Å². The zero-order valence-electron chi connectivity index (χ0n) is 23.8. The first-order chi connectivity index (χ1) is 19.9. The summed E-state index contributed by atoms with van der Waals surface area (Å²) in [5.74, 6) is -0.701. The summed E-state index contributed by atoms with van der Waals surface area (Å²) in [6.45, 7) is 1.88. The predicted octanol–water partition coefficient (Wildman–Crippen LogP) is 4.87. The molecular formula is C33H43N3O5. The maximum Gasteiger partial charge on any atom is 0.251 e. The molecule has 0 unspecified atom stereocenters. The van der Waals surface area contributed by atoms with E-state index in [1.165, 1.54) is 37.0 Å². The summed E-state index contributed by atoms with van der Waals surface area (Å²) in [5, 5.41) is 39.5. The van der Waals surface area contributed by atoms with Crippen LogP contribution in [-0.4, -0.2) is 53.4 Å². The Labute approximate surface area is 242 Å². The number of rotatable bonds is 14. The third kappa shape index (κ3) is 9.40. The van der Waals surface area contributed by atoms with Gasteiger partial charge in [-0.15, -0.1) is 0 Å². The number of ether oxygens (including phenoxy) is 1. The Morgan fingerprint density at radius 1 is 0.878 bits per heavy atom. The molecule has 6 N–H and O–H groups in total. The van der Waals surface area contributed by atoms with Crippen LogP contribution in [0.1, 0.15) is 60.0 Å². The molecule has 1 aliphatic rings. The Balaban J connectivity index is 1.36. The Morgan fingerprint density at radius 3 is 2.22 bits per heavy atom. The van der Waals surface area contributed by atoms with E-state index < -0.39 is 23.2 Å². The van der Waals surface area contributed by atoms with E-state index in [9.17, 15) is 20.1 Å². The number of nitrogens with one attached hydrogen (secondary N) is 3. The Hall–Kier alpha value is -3.75. The van der Waals surface area contributed by atoms with Gasteiger partial charge in [0, 0.05) is 30.7 Å². The number of amides is 1. The quantitative estimate of drug-likeness (QED) is 0.155. The number of aromatic hydroxyl groups is 3. The number of carbonyl (C=O) groups is 1. The minimum absolute atomic E-state index is 0.104. The molecule has 0 aliphatic heterocycles. The first-order valence-electron chi connectivity index (χ1n) is 14.6. The molecule has 41 heavy (non-hydrogen) atoms. The molecule has 3 aromatic rings. The zero-order valence-corrected chi connectivity index (χ0v) is 23.8. The molecule has 0 saturated heterocycles. The molecule has 1 fully saturated rings. The van der Waals surface area contributed by atoms with Gasteiger partial charge in [0.2, 0.25) is 0 Å². The van der Waals surface area contributed by atoms with Gasteiger partial charge in [0.1, 0.15) is 12.4 Å². The van der Waals surface area contributed by atoms with Gasteiger partial charge in [-0.05, 0) is 61.2 Å². The van der Waals surface area contributed by atoms with Gasteiger partial charge in [-0.1, -0.05) is 74.6 Å². The second-order valence-corrected chi connectivity index (χ2v) is 11.1. The fraction of sp³-hybridized carbons (Fsp3) is 0.424. The average molecular weight is 562 g/mol. The van der Waals surface area contributed by atoms with E-state index in [1.807, 2.05) is 49.5 Å². The van der Waals surface area contributed by atoms with Crippen LogP contribution in [0, 0.1) is 5.92 Å². The van der Waals surface area contributed by atoms with Gasteiger partial charge >= 0.3 is 0 Å². The average Bonchev–Trinajstić information content (AvgIpc) is 2.99. The topological polar surface area (TPSA) is 123 Å². The molecular weight excluding hydrogens is 518 g/mol. The summed E-state index contributed by atoms with van der Waals surface area (Å²) in [6, 6.07) is 20.6. The first kappa shape index (κ1) is 30.2. The SMILES string of the molecule is CNC[C@@H](Cc1ccc(OCc2ccccc2)cc1)NC[C@@H](CC1CCCCC1)NC(=O)c1cc(O)c(O)c(O)c1. The van der Waals surface area contributed by atoms with E-state index >= 15 is 0 Å². The lowest BCUT2D eigenvalue weighted by Gasteiger charge is -2.29. The predicted molar refractivity (Wildman–Crippen MR) is 161 cm³/mol. The third-order valence-electron chi connectivity index (χ3n) is 7.77. The van der Waals surface area contributed by atoms with Crippen molar-refractivity contribution in [1.82, 2.24) is 16.0 Å². The zero-order chi connectivity index (χ0) is 29.0. The van der Waals surface area contributed by atoms with E-state index in [2.05, 4.69) is 28.1 Å². The summed E-state index contributed by atoms with van der Waals surface area (Å²) < 4.78 is 5.93. The molecule has 8 nitrogen and oxygen atoms in total. The lowest BCUT2D eigenvalue weighted by molar-refractivity contribution is 0.0926. The number of carbonyl (C=O) groups excluding carboxylic acids is 1. The van der Waals surface area contributed by atoms with Gasteiger partial charge in [0.15, 0.2) is 17.2 Å².